The number of thioether (sulfide) groups is 1. The van der Waals surface area contributed by atoms with Crippen LogP contribution in [0.2, 0.25) is 0 Å². The second kappa shape index (κ2) is 5.21. The van der Waals surface area contributed by atoms with Crippen LogP contribution in [0.3, 0.4) is 0 Å². The second-order valence-corrected chi connectivity index (χ2v) is 8.34. The summed E-state index contributed by atoms with van der Waals surface area (Å²) >= 11 is 1.98. The summed E-state index contributed by atoms with van der Waals surface area (Å²) in [5.41, 5.74) is 7.41. The molecular formula is C20H24S. The van der Waals surface area contributed by atoms with Crippen LogP contribution in [-0.4, -0.2) is 0 Å². The molecule has 0 fully saturated rings. The lowest BCUT2D eigenvalue weighted by molar-refractivity contribution is 0.589. The third-order valence-corrected chi connectivity index (χ3v) is 5.42. The maximum absolute atomic E-state index is 2.40. The Bertz CT molecular complexity index is 675. The zero-order chi connectivity index (χ0) is 15.2. The molecule has 0 aliphatic carbocycles. The van der Waals surface area contributed by atoms with Crippen LogP contribution >= 0.6 is 11.8 Å². The molecule has 21 heavy (non-hydrogen) atoms. The van der Waals surface area contributed by atoms with Crippen molar-refractivity contribution in [3.8, 4) is 11.1 Å². The van der Waals surface area contributed by atoms with E-state index in [1.807, 2.05) is 11.8 Å². The van der Waals surface area contributed by atoms with E-state index in [9.17, 15) is 0 Å². The van der Waals surface area contributed by atoms with Crippen LogP contribution in [0.15, 0.2) is 41.3 Å². The molecule has 0 spiro atoms. The highest BCUT2D eigenvalue weighted by atomic mass is 32.2. The SMILES string of the molecule is CC(C)c1ccc2c(c1)CSc1cc(C(C)(C)C)ccc1-2. The Morgan fingerprint density at radius 1 is 0.952 bits per heavy atom. The molecule has 0 saturated carbocycles. The van der Waals surface area contributed by atoms with Gasteiger partial charge in [0, 0.05) is 10.6 Å². The summed E-state index contributed by atoms with van der Waals surface area (Å²) in [5.74, 6) is 1.70. The Balaban J connectivity index is 2.08. The van der Waals surface area contributed by atoms with Gasteiger partial charge >= 0.3 is 0 Å². The average molecular weight is 296 g/mol. The summed E-state index contributed by atoms with van der Waals surface area (Å²) in [4.78, 5) is 1.44. The first-order valence-electron chi connectivity index (χ1n) is 7.77. The second-order valence-electron chi connectivity index (χ2n) is 7.32. The predicted octanol–water partition coefficient (Wildman–Crippen LogP) is 6.38. The lowest BCUT2D eigenvalue weighted by Crippen LogP contribution is -2.11. The molecule has 0 unspecified atom stereocenters. The molecular weight excluding hydrogens is 272 g/mol. The van der Waals surface area contributed by atoms with E-state index in [2.05, 4.69) is 71.0 Å². The van der Waals surface area contributed by atoms with Gasteiger partial charge in [0.15, 0.2) is 0 Å². The summed E-state index contributed by atoms with van der Waals surface area (Å²) in [5, 5.41) is 0. The summed E-state index contributed by atoms with van der Waals surface area (Å²) in [6.45, 7) is 11.4. The van der Waals surface area contributed by atoms with Crippen molar-refractivity contribution in [2.45, 2.75) is 56.6 Å². The summed E-state index contributed by atoms with van der Waals surface area (Å²) < 4.78 is 0. The molecule has 0 nitrogen and oxygen atoms in total. The zero-order valence-corrected chi connectivity index (χ0v) is 14.5. The largest absolute Gasteiger partial charge is 0.121 e. The minimum atomic E-state index is 0.220. The molecule has 2 aromatic rings. The van der Waals surface area contributed by atoms with Gasteiger partial charge in [-0.15, -0.1) is 11.8 Å². The first kappa shape index (κ1) is 14.7. The fourth-order valence-electron chi connectivity index (χ4n) is 2.84. The maximum atomic E-state index is 2.40. The lowest BCUT2D eigenvalue weighted by atomic mass is 9.85. The number of hydrogen-bond donors (Lipinski definition) is 0. The highest BCUT2D eigenvalue weighted by molar-refractivity contribution is 7.98. The fourth-order valence-corrected chi connectivity index (χ4v) is 3.93. The molecule has 1 aliphatic rings. The standard InChI is InChI=1S/C20H24S/c1-13(2)14-6-8-17-15(10-14)12-21-19-11-16(20(3,4)5)7-9-18(17)19/h6-11,13H,12H2,1-5H3. The van der Waals surface area contributed by atoms with Crippen LogP contribution in [0.5, 0.6) is 0 Å². The van der Waals surface area contributed by atoms with Gasteiger partial charge in [-0.05, 0) is 45.2 Å². The van der Waals surface area contributed by atoms with Crippen LogP contribution in [0.25, 0.3) is 11.1 Å². The molecule has 0 aromatic heterocycles. The van der Waals surface area contributed by atoms with E-state index >= 15 is 0 Å². The molecule has 0 atom stereocenters. The van der Waals surface area contributed by atoms with Gasteiger partial charge in [-0.2, -0.15) is 0 Å². The molecule has 2 aromatic carbocycles. The van der Waals surface area contributed by atoms with Gasteiger partial charge in [-0.25, -0.2) is 0 Å². The molecule has 0 bridgehead atoms. The lowest BCUT2D eigenvalue weighted by Gasteiger charge is -2.25. The van der Waals surface area contributed by atoms with Gasteiger partial charge < -0.3 is 0 Å². The summed E-state index contributed by atoms with van der Waals surface area (Å²) in [7, 11) is 0. The van der Waals surface area contributed by atoms with Crippen LogP contribution in [-0.2, 0) is 11.2 Å². The molecule has 1 heterocycles. The van der Waals surface area contributed by atoms with Crippen molar-refractivity contribution in [3.63, 3.8) is 0 Å². The molecule has 110 valence electrons. The van der Waals surface area contributed by atoms with Crippen LogP contribution in [0.4, 0.5) is 0 Å². The van der Waals surface area contributed by atoms with Crippen LogP contribution in [0.1, 0.15) is 57.2 Å². The minimum absolute atomic E-state index is 0.220. The van der Waals surface area contributed by atoms with Gasteiger partial charge in [0.2, 0.25) is 0 Å². The van der Waals surface area contributed by atoms with Crippen molar-refractivity contribution in [2.75, 3.05) is 0 Å². The van der Waals surface area contributed by atoms with Crippen LogP contribution in [0, 0.1) is 0 Å². The van der Waals surface area contributed by atoms with Gasteiger partial charge in [0.25, 0.3) is 0 Å². The van der Waals surface area contributed by atoms with Crippen molar-refractivity contribution in [2.24, 2.45) is 0 Å². The van der Waals surface area contributed by atoms with Crippen molar-refractivity contribution >= 4 is 11.8 Å². The van der Waals surface area contributed by atoms with E-state index < -0.39 is 0 Å². The van der Waals surface area contributed by atoms with E-state index in [0.717, 1.165) is 5.75 Å². The minimum Gasteiger partial charge on any atom is -0.121 e. The number of rotatable bonds is 1. The molecule has 0 amide bonds. The van der Waals surface area contributed by atoms with E-state index in [1.165, 1.54) is 32.7 Å². The number of benzene rings is 2. The van der Waals surface area contributed by atoms with Crippen molar-refractivity contribution in [1.82, 2.24) is 0 Å². The zero-order valence-electron chi connectivity index (χ0n) is 13.7. The molecule has 0 N–H and O–H groups in total. The van der Waals surface area contributed by atoms with Crippen molar-refractivity contribution < 1.29 is 0 Å². The van der Waals surface area contributed by atoms with Gasteiger partial charge in [-0.1, -0.05) is 65.0 Å². The van der Waals surface area contributed by atoms with Gasteiger partial charge in [0.05, 0.1) is 0 Å². The Morgan fingerprint density at radius 3 is 2.33 bits per heavy atom. The molecule has 0 radical (unpaired) electrons. The summed E-state index contributed by atoms with van der Waals surface area (Å²) in [6, 6.07) is 14.0. The Kier molecular flexibility index (Phi) is 3.65. The van der Waals surface area contributed by atoms with Crippen molar-refractivity contribution in [3.05, 3.63) is 53.1 Å². The Morgan fingerprint density at radius 2 is 1.67 bits per heavy atom. The highest BCUT2D eigenvalue weighted by Gasteiger charge is 2.21. The van der Waals surface area contributed by atoms with E-state index in [-0.39, 0.29) is 5.41 Å². The number of fused-ring (bicyclic) bond motifs is 3. The molecule has 3 rings (SSSR count). The van der Waals surface area contributed by atoms with Gasteiger partial charge in [-0.3, -0.25) is 0 Å². The highest BCUT2D eigenvalue weighted by Crippen LogP contribution is 2.43. The Hall–Kier alpha value is -1.21. The predicted molar refractivity (Wildman–Crippen MR) is 94.2 cm³/mol. The number of hydrogen-bond acceptors (Lipinski definition) is 1. The van der Waals surface area contributed by atoms with E-state index in [1.54, 1.807) is 0 Å². The van der Waals surface area contributed by atoms with E-state index in [4.69, 9.17) is 0 Å². The monoisotopic (exact) mass is 296 g/mol. The fraction of sp³-hybridized carbons (Fsp3) is 0.400. The smallest absolute Gasteiger partial charge is 0.0238 e. The van der Waals surface area contributed by atoms with Crippen LogP contribution < -0.4 is 0 Å². The topological polar surface area (TPSA) is 0 Å². The quantitative estimate of drug-likeness (QED) is 0.588. The third-order valence-electron chi connectivity index (χ3n) is 4.32. The molecule has 1 aliphatic heterocycles. The third kappa shape index (κ3) is 2.76. The van der Waals surface area contributed by atoms with E-state index in [0.29, 0.717) is 5.92 Å². The molecule has 0 saturated heterocycles. The molecule has 1 heteroatoms. The normalized spacial score (nSPS) is 14.0. The average Bonchev–Trinajstić information content (AvgIpc) is 2.44. The van der Waals surface area contributed by atoms with Gasteiger partial charge in [0.1, 0.15) is 0 Å². The summed E-state index contributed by atoms with van der Waals surface area (Å²) in [6.07, 6.45) is 0. The van der Waals surface area contributed by atoms with Crippen molar-refractivity contribution in [1.29, 1.82) is 0 Å². The first-order valence-corrected chi connectivity index (χ1v) is 8.75. The Labute approximate surface area is 133 Å². The first-order chi connectivity index (χ1) is 9.86. The maximum Gasteiger partial charge on any atom is 0.0238 e.